The molecule has 9 heteroatoms. The number of fused-ring (bicyclic) bond motifs is 1. The molecule has 0 amide bonds. The van der Waals surface area contributed by atoms with Crippen molar-refractivity contribution in [1.29, 1.82) is 0 Å². The van der Waals surface area contributed by atoms with Gasteiger partial charge in [0.15, 0.2) is 0 Å². The molecule has 0 spiro atoms. The fourth-order valence-corrected chi connectivity index (χ4v) is 2.60. The highest BCUT2D eigenvalue weighted by Crippen LogP contribution is 2.37. The summed E-state index contributed by atoms with van der Waals surface area (Å²) in [5, 5.41) is 21.4. The molecule has 0 fully saturated rings. The summed E-state index contributed by atoms with van der Waals surface area (Å²) >= 11 is -2.33. The second kappa shape index (κ2) is 5.70. The molecule has 2 atom stereocenters. The molecular formula is C12H14N2O6S. The fraction of sp³-hybridized carbons (Fsp3) is 0.333. The summed E-state index contributed by atoms with van der Waals surface area (Å²) in [4.78, 5) is 22.7. The number of aromatic carboxylic acids is 1. The van der Waals surface area contributed by atoms with Crippen LogP contribution in [0.4, 0.5) is 11.4 Å². The lowest BCUT2D eigenvalue weighted by Crippen LogP contribution is -2.26. The lowest BCUT2D eigenvalue weighted by Gasteiger charge is -2.27. The fourth-order valence-electron chi connectivity index (χ4n) is 2.31. The molecule has 21 heavy (non-hydrogen) atoms. The van der Waals surface area contributed by atoms with Gasteiger partial charge in [0.2, 0.25) is 0 Å². The minimum atomic E-state index is -2.33. The van der Waals surface area contributed by atoms with E-state index < -0.39 is 29.1 Å². The molecule has 0 bridgehead atoms. The van der Waals surface area contributed by atoms with Crippen LogP contribution in [-0.2, 0) is 16.1 Å². The van der Waals surface area contributed by atoms with E-state index in [1.165, 1.54) is 19.2 Å². The highest BCUT2D eigenvalue weighted by molar-refractivity contribution is 7.80. The normalized spacial score (nSPS) is 18.3. The zero-order valence-electron chi connectivity index (χ0n) is 11.1. The van der Waals surface area contributed by atoms with Gasteiger partial charge in [-0.3, -0.25) is 13.7 Å². The molecular weight excluding hydrogens is 300 g/mol. The Morgan fingerprint density at radius 2 is 2.05 bits per heavy atom. The van der Waals surface area contributed by atoms with Gasteiger partial charge < -0.3 is 15.5 Å². The topological polar surface area (TPSA) is 127 Å². The number of hydrogen-bond donors (Lipinski definition) is 4. The molecule has 1 aliphatic rings. The number of carboxylic acid groups (broad SMARTS) is 2. The Bertz CT molecular complexity index is 632. The van der Waals surface area contributed by atoms with Gasteiger partial charge in [-0.25, -0.2) is 9.00 Å². The molecule has 0 saturated heterocycles. The van der Waals surface area contributed by atoms with E-state index in [0.717, 1.165) is 4.31 Å². The van der Waals surface area contributed by atoms with Crippen molar-refractivity contribution in [2.45, 2.75) is 12.3 Å². The van der Waals surface area contributed by atoms with Gasteiger partial charge >= 0.3 is 11.9 Å². The van der Waals surface area contributed by atoms with Crippen LogP contribution in [0.5, 0.6) is 0 Å². The van der Waals surface area contributed by atoms with Crippen LogP contribution in [0, 0.1) is 0 Å². The van der Waals surface area contributed by atoms with Crippen LogP contribution in [0.2, 0.25) is 0 Å². The molecule has 114 valence electrons. The van der Waals surface area contributed by atoms with E-state index in [4.69, 9.17) is 4.55 Å². The molecule has 8 nitrogen and oxygen atoms in total. The van der Waals surface area contributed by atoms with Gasteiger partial charge in [0.1, 0.15) is 0 Å². The van der Waals surface area contributed by atoms with Crippen LogP contribution < -0.4 is 9.62 Å². The van der Waals surface area contributed by atoms with Crippen molar-refractivity contribution >= 4 is 34.6 Å². The highest BCUT2D eigenvalue weighted by Gasteiger charge is 2.30. The second-order valence-electron chi connectivity index (χ2n) is 4.60. The first-order valence-electron chi connectivity index (χ1n) is 6.05. The van der Waals surface area contributed by atoms with Gasteiger partial charge in [0, 0.05) is 13.6 Å². The first-order chi connectivity index (χ1) is 9.82. The smallest absolute Gasteiger partial charge is 0.337 e. The number of benzene rings is 1. The number of nitrogens with one attached hydrogen (secondary N) is 1. The number of aliphatic carboxylic acids is 1. The van der Waals surface area contributed by atoms with Crippen molar-refractivity contribution in [2.75, 3.05) is 23.2 Å². The third-order valence-corrected chi connectivity index (χ3v) is 4.07. The third-order valence-electron chi connectivity index (χ3n) is 3.39. The molecule has 4 N–H and O–H groups in total. The maximum atomic E-state index is 11.3. The standard InChI is InChI=1S/C12H14N2O6S/c1-14(21(19)20)6-4-8-7(11(15)16)2-3-13-10(8)9(5-6)12(17)18/h4-5,7,13H,2-3H2,1H3,(H,15,16)(H,17,18)(H,19,20). The van der Waals surface area contributed by atoms with Crippen LogP contribution in [0.15, 0.2) is 12.1 Å². The first-order valence-corrected chi connectivity index (χ1v) is 7.12. The van der Waals surface area contributed by atoms with Gasteiger partial charge in [-0.1, -0.05) is 0 Å². The number of carboxylic acids is 2. The summed E-state index contributed by atoms with van der Waals surface area (Å²) in [7, 11) is 1.31. The third kappa shape index (κ3) is 2.83. The van der Waals surface area contributed by atoms with Crippen molar-refractivity contribution in [3.05, 3.63) is 23.3 Å². The second-order valence-corrected chi connectivity index (χ2v) is 5.61. The summed E-state index contributed by atoms with van der Waals surface area (Å²) in [6.45, 7) is 0.353. The average Bonchev–Trinajstić information content (AvgIpc) is 2.43. The van der Waals surface area contributed by atoms with Gasteiger partial charge in [0.05, 0.1) is 22.9 Å². The Morgan fingerprint density at radius 3 is 2.57 bits per heavy atom. The summed E-state index contributed by atoms with van der Waals surface area (Å²) in [6, 6.07) is 2.67. The van der Waals surface area contributed by atoms with Crippen molar-refractivity contribution < 1.29 is 28.6 Å². The van der Waals surface area contributed by atoms with Gasteiger partial charge in [-0.2, -0.15) is 0 Å². The molecule has 0 radical (unpaired) electrons. The van der Waals surface area contributed by atoms with Crippen LogP contribution in [0.25, 0.3) is 0 Å². The molecule has 1 aromatic carbocycles. The summed E-state index contributed by atoms with van der Waals surface area (Å²) in [5.74, 6) is -3.14. The Labute approximate surface area is 122 Å². The van der Waals surface area contributed by atoms with Gasteiger partial charge in [-0.05, 0) is 24.1 Å². The SMILES string of the molecule is CN(c1cc(C(=O)O)c2c(c1)C(C(=O)O)CCN2)S(=O)O. The van der Waals surface area contributed by atoms with Crippen LogP contribution in [-0.4, -0.2) is 44.5 Å². The largest absolute Gasteiger partial charge is 0.481 e. The molecule has 1 heterocycles. The monoisotopic (exact) mass is 314 g/mol. The van der Waals surface area contributed by atoms with E-state index in [-0.39, 0.29) is 16.9 Å². The van der Waals surface area contributed by atoms with Crippen molar-refractivity contribution in [3.63, 3.8) is 0 Å². The van der Waals surface area contributed by atoms with Gasteiger partial charge in [-0.15, -0.1) is 0 Å². The van der Waals surface area contributed by atoms with Crippen molar-refractivity contribution in [3.8, 4) is 0 Å². The number of anilines is 2. The van der Waals surface area contributed by atoms with Crippen LogP contribution >= 0.6 is 0 Å². The van der Waals surface area contributed by atoms with Crippen molar-refractivity contribution in [2.24, 2.45) is 0 Å². The van der Waals surface area contributed by atoms with Gasteiger partial charge in [0.25, 0.3) is 11.3 Å². The maximum absolute atomic E-state index is 11.3. The number of carbonyl (C=O) groups is 2. The molecule has 2 rings (SSSR count). The summed E-state index contributed by atoms with van der Waals surface area (Å²) in [5.41, 5.74) is 0.607. The van der Waals surface area contributed by atoms with Crippen LogP contribution in [0.3, 0.4) is 0 Å². The van der Waals surface area contributed by atoms with E-state index in [2.05, 4.69) is 5.32 Å². The highest BCUT2D eigenvalue weighted by atomic mass is 32.2. The average molecular weight is 314 g/mol. The van der Waals surface area contributed by atoms with Crippen molar-refractivity contribution in [1.82, 2.24) is 0 Å². The van der Waals surface area contributed by atoms with E-state index in [0.29, 0.717) is 18.5 Å². The predicted molar refractivity (Wildman–Crippen MR) is 76.1 cm³/mol. The van der Waals surface area contributed by atoms with E-state index in [1.54, 1.807) is 0 Å². The quantitative estimate of drug-likeness (QED) is 0.609. The lowest BCUT2D eigenvalue weighted by atomic mass is 9.88. The Morgan fingerprint density at radius 1 is 1.38 bits per heavy atom. The van der Waals surface area contributed by atoms with E-state index in [1.807, 2.05) is 0 Å². The summed E-state index contributed by atoms with van der Waals surface area (Å²) in [6.07, 6.45) is 0.316. The Balaban J connectivity index is 2.66. The van der Waals surface area contributed by atoms with Crippen LogP contribution in [0.1, 0.15) is 28.3 Å². The molecule has 0 saturated carbocycles. The zero-order valence-corrected chi connectivity index (χ0v) is 11.9. The minimum Gasteiger partial charge on any atom is -0.481 e. The Kier molecular flexibility index (Phi) is 4.14. The molecule has 0 aliphatic carbocycles. The number of rotatable bonds is 4. The molecule has 0 aromatic heterocycles. The van der Waals surface area contributed by atoms with E-state index >= 15 is 0 Å². The molecule has 2 unspecified atom stereocenters. The predicted octanol–water partition coefficient (Wildman–Crippen LogP) is 0.942. The molecule has 1 aromatic rings. The number of nitrogens with zero attached hydrogens (tertiary/aromatic N) is 1. The first kappa shape index (κ1) is 15.3. The van der Waals surface area contributed by atoms with E-state index in [9.17, 15) is 24.0 Å². The minimum absolute atomic E-state index is 0.120. The lowest BCUT2D eigenvalue weighted by molar-refractivity contribution is -0.138. The number of hydrogen-bond acceptors (Lipinski definition) is 4. The maximum Gasteiger partial charge on any atom is 0.337 e. The zero-order chi connectivity index (χ0) is 15.7. The summed E-state index contributed by atoms with van der Waals surface area (Å²) < 4.78 is 21.2. The Hall–Kier alpha value is -2.13. The molecule has 1 aliphatic heterocycles.